The number of carbonyl (C=O) groups is 1. The van der Waals surface area contributed by atoms with E-state index in [2.05, 4.69) is 9.72 Å². The fourth-order valence-corrected chi connectivity index (χ4v) is 2.43. The van der Waals surface area contributed by atoms with Crippen LogP contribution in [0.15, 0.2) is 18.3 Å². The minimum absolute atomic E-state index is 0. The summed E-state index contributed by atoms with van der Waals surface area (Å²) in [6.45, 7) is 0. The number of pyridine rings is 1. The normalized spacial score (nSPS) is 18.1. The smallest absolute Gasteiger partial charge is 0.337 e. The topological polar surface area (TPSA) is 39.2 Å². The number of halogens is 3. The first-order valence-corrected chi connectivity index (χ1v) is 6.41. The number of nitrogens with zero attached hydrogens (tertiary/aromatic N) is 1. The van der Waals surface area contributed by atoms with Crippen molar-refractivity contribution in [3.63, 3.8) is 0 Å². The zero-order valence-corrected chi connectivity index (χ0v) is 12.1. The van der Waals surface area contributed by atoms with E-state index in [1.54, 1.807) is 18.3 Å². The molecule has 1 fully saturated rings. The van der Waals surface area contributed by atoms with Gasteiger partial charge in [-0.15, -0.1) is 12.4 Å². The van der Waals surface area contributed by atoms with Crippen molar-refractivity contribution in [2.75, 3.05) is 7.11 Å². The third-order valence-electron chi connectivity index (χ3n) is 3.57. The lowest BCUT2D eigenvalue weighted by Crippen LogP contribution is -2.25. The molecule has 1 aliphatic carbocycles. The molecule has 1 aromatic rings. The Kier molecular flexibility index (Phi) is 5.87. The van der Waals surface area contributed by atoms with E-state index in [1.165, 1.54) is 7.11 Å². The van der Waals surface area contributed by atoms with Crippen molar-refractivity contribution in [2.24, 2.45) is 5.92 Å². The van der Waals surface area contributed by atoms with Crippen LogP contribution >= 0.6 is 12.4 Å². The number of alkyl halides is 2. The summed E-state index contributed by atoms with van der Waals surface area (Å²) in [7, 11) is 1.33. The molecule has 0 unspecified atom stereocenters. The van der Waals surface area contributed by atoms with Crippen molar-refractivity contribution in [3.05, 3.63) is 29.6 Å². The summed E-state index contributed by atoms with van der Waals surface area (Å²) in [5.41, 5.74) is 1.21. The van der Waals surface area contributed by atoms with Gasteiger partial charge in [0.1, 0.15) is 0 Å². The van der Waals surface area contributed by atoms with Crippen LogP contribution in [0.2, 0.25) is 0 Å². The standard InChI is InChI=1S/C14H17F2NO2.ClH/c1-19-13(18)11-4-7-17-12(9-11)8-10-2-5-14(15,16)6-3-10;/h4,7,9-10H,2-3,5-6,8H2,1H3;1H. The number of methoxy groups -OCH3 is 1. The molecule has 0 bridgehead atoms. The molecule has 1 aliphatic rings. The molecule has 6 heteroatoms. The zero-order valence-electron chi connectivity index (χ0n) is 11.3. The predicted octanol–water partition coefficient (Wildman–Crippen LogP) is 3.66. The first kappa shape index (κ1) is 16.8. The van der Waals surface area contributed by atoms with Crippen LogP contribution in [0.4, 0.5) is 8.78 Å². The minimum atomic E-state index is -2.50. The van der Waals surface area contributed by atoms with Crippen molar-refractivity contribution in [2.45, 2.75) is 38.0 Å². The third-order valence-corrected chi connectivity index (χ3v) is 3.57. The van der Waals surface area contributed by atoms with Gasteiger partial charge in [0.2, 0.25) is 5.92 Å². The zero-order chi connectivity index (χ0) is 13.9. The number of hydrogen-bond acceptors (Lipinski definition) is 3. The lowest BCUT2D eigenvalue weighted by molar-refractivity contribution is -0.0457. The summed E-state index contributed by atoms with van der Waals surface area (Å²) in [5, 5.41) is 0. The first-order valence-electron chi connectivity index (χ1n) is 6.41. The Morgan fingerprint density at radius 2 is 2.10 bits per heavy atom. The summed E-state index contributed by atoms with van der Waals surface area (Å²) in [5.74, 6) is -2.68. The Bertz CT molecular complexity index is 458. The second-order valence-electron chi connectivity index (χ2n) is 5.03. The van der Waals surface area contributed by atoms with E-state index < -0.39 is 11.9 Å². The molecule has 1 heterocycles. The van der Waals surface area contributed by atoms with Crippen LogP contribution < -0.4 is 0 Å². The van der Waals surface area contributed by atoms with Gasteiger partial charge in [-0.2, -0.15) is 0 Å². The van der Waals surface area contributed by atoms with Crippen molar-refractivity contribution in [1.29, 1.82) is 0 Å². The van der Waals surface area contributed by atoms with E-state index in [-0.39, 0.29) is 31.2 Å². The van der Waals surface area contributed by atoms with E-state index in [1.807, 2.05) is 0 Å². The molecule has 0 aliphatic heterocycles. The number of hydrogen-bond donors (Lipinski definition) is 0. The molecule has 0 aromatic carbocycles. The van der Waals surface area contributed by atoms with Gasteiger partial charge in [-0.1, -0.05) is 0 Å². The molecule has 112 valence electrons. The van der Waals surface area contributed by atoms with Crippen molar-refractivity contribution in [1.82, 2.24) is 4.98 Å². The summed E-state index contributed by atoms with van der Waals surface area (Å²) >= 11 is 0. The highest BCUT2D eigenvalue weighted by Crippen LogP contribution is 2.37. The molecular formula is C14H18ClF2NO2. The monoisotopic (exact) mass is 305 g/mol. The van der Waals surface area contributed by atoms with Crippen LogP contribution in [-0.2, 0) is 11.2 Å². The summed E-state index contributed by atoms with van der Waals surface area (Å²) in [6.07, 6.45) is 3.12. The van der Waals surface area contributed by atoms with Crippen LogP contribution in [0.5, 0.6) is 0 Å². The summed E-state index contributed by atoms with van der Waals surface area (Å²) in [6, 6.07) is 3.27. The molecule has 3 nitrogen and oxygen atoms in total. The third kappa shape index (κ3) is 4.40. The minimum Gasteiger partial charge on any atom is -0.465 e. The van der Waals surface area contributed by atoms with Gasteiger partial charge in [0.05, 0.1) is 12.7 Å². The van der Waals surface area contributed by atoms with Crippen LogP contribution in [-0.4, -0.2) is 24.0 Å². The Hall–Kier alpha value is -1.23. The fourth-order valence-electron chi connectivity index (χ4n) is 2.43. The first-order chi connectivity index (χ1) is 9.00. The van der Waals surface area contributed by atoms with Crippen LogP contribution in [0.1, 0.15) is 41.7 Å². The van der Waals surface area contributed by atoms with Crippen LogP contribution in [0, 0.1) is 5.92 Å². The van der Waals surface area contributed by atoms with Gasteiger partial charge in [-0.05, 0) is 37.3 Å². The Morgan fingerprint density at radius 1 is 1.45 bits per heavy atom. The molecule has 0 N–H and O–H groups in total. The molecule has 0 spiro atoms. The molecule has 0 saturated heterocycles. The van der Waals surface area contributed by atoms with Gasteiger partial charge in [-0.3, -0.25) is 4.98 Å². The molecule has 2 rings (SSSR count). The Balaban J connectivity index is 0.00000200. The number of rotatable bonds is 3. The molecule has 0 radical (unpaired) electrons. The number of esters is 1. The SMILES string of the molecule is COC(=O)c1ccnc(CC2CCC(F)(F)CC2)c1.Cl. The van der Waals surface area contributed by atoms with Crippen LogP contribution in [0.3, 0.4) is 0 Å². The second kappa shape index (κ2) is 6.97. The quantitative estimate of drug-likeness (QED) is 0.800. The van der Waals surface area contributed by atoms with E-state index in [0.717, 1.165) is 5.69 Å². The highest BCUT2D eigenvalue weighted by atomic mass is 35.5. The van der Waals surface area contributed by atoms with Gasteiger partial charge in [0, 0.05) is 24.7 Å². The highest BCUT2D eigenvalue weighted by Gasteiger charge is 2.34. The number of ether oxygens (including phenoxy) is 1. The maximum Gasteiger partial charge on any atom is 0.337 e. The summed E-state index contributed by atoms with van der Waals surface area (Å²) in [4.78, 5) is 15.6. The molecular weight excluding hydrogens is 288 g/mol. The molecule has 1 saturated carbocycles. The molecule has 20 heavy (non-hydrogen) atoms. The van der Waals surface area contributed by atoms with Gasteiger partial charge in [-0.25, -0.2) is 13.6 Å². The molecule has 0 atom stereocenters. The fraction of sp³-hybridized carbons (Fsp3) is 0.571. The van der Waals surface area contributed by atoms with Gasteiger partial charge in [0.15, 0.2) is 0 Å². The number of aromatic nitrogens is 1. The Labute approximate surface area is 123 Å². The highest BCUT2D eigenvalue weighted by molar-refractivity contribution is 5.89. The van der Waals surface area contributed by atoms with Crippen LogP contribution in [0.25, 0.3) is 0 Å². The van der Waals surface area contributed by atoms with E-state index >= 15 is 0 Å². The van der Waals surface area contributed by atoms with E-state index in [9.17, 15) is 13.6 Å². The lowest BCUT2D eigenvalue weighted by atomic mass is 9.84. The Morgan fingerprint density at radius 3 is 2.70 bits per heavy atom. The van der Waals surface area contributed by atoms with Gasteiger partial charge in [0.25, 0.3) is 0 Å². The molecule has 0 amide bonds. The van der Waals surface area contributed by atoms with Gasteiger partial charge < -0.3 is 4.74 Å². The largest absolute Gasteiger partial charge is 0.465 e. The van der Waals surface area contributed by atoms with Crippen molar-refractivity contribution in [3.8, 4) is 0 Å². The average Bonchev–Trinajstić information content (AvgIpc) is 2.41. The van der Waals surface area contributed by atoms with Crippen molar-refractivity contribution >= 4 is 18.4 Å². The van der Waals surface area contributed by atoms with Gasteiger partial charge >= 0.3 is 5.97 Å². The van der Waals surface area contributed by atoms with E-state index in [0.29, 0.717) is 24.8 Å². The lowest BCUT2D eigenvalue weighted by Gasteiger charge is -2.28. The maximum absolute atomic E-state index is 13.1. The maximum atomic E-state index is 13.1. The molecule has 1 aromatic heterocycles. The summed E-state index contributed by atoms with van der Waals surface area (Å²) < 4.78 is 30.8. The second-order valence-corrected chi connectivity index (χ2v) is 5.03. The number of carbonyl (C=O) groups excluding carboxylic acids is 1. The predicted molar refractivity (Wildman–Crippen MR) is 73.4 cm³/mol. The van der Waals surface area contributed by atoms with Crippen molar-refractivity contribution < 1.29 is 18.3 Å². The van der Waals surface area contributed by atoms with E-state index in [4.69, 9.17) is 0 Å². The average molecular weight is 306 g/mol.